The lowest BCUT2D eigenvalue weighted by molar-refractivity contribution is -0.167. The Morgan fingerprint density at radius 1 is 0.300 bits per heavy atom. The standard InChI is InChI=1S/C64H116O6/c1-4-7-10-13-16-19-22-25-28-30-32-34-36-39-42-45-48-51-54-57-63(66)69-60-61(59-68-62(65)56-53-50-47-44-41-38-35-27-24-21-18-15-12-9-6-3)70-64(67)58-55-52-49-46-43-40-37-33-31-29-26-23-20-17-14-11-8-5-2/h9,12,18,21,25,27-28,35,61H,4-8,10-11,13-17,19-20,22-24,26,29-34,36-60H2,1-3H3/b12-9-,21-18-,28-25-,35-27-. The molecule has 0 spiro atoms. The van der Waals surface area contributed by atoms with Crippen LogP contribution < -0.4 is 0 Å². The zero-order valence-corrected chi connectivity index (χ0v) is 46.8. The van der Waals surface area contributed by atoms with Crippen LogP contribution in [-0.2, 0) is 28.6 Å². The second-order valence-corrected chi connectivity index (χ2v) is 20.6. The molecule has 0 aliphatic carbocycles. The Labute approximate surface area is 435 Å². The Morgan fingerprint density at radius 3 is 0.886 bits per heavy atom. The van der Waals surface area contributed by atoms with Crippen molar-refractivity contribution >= 4 is 17.9 Å². The van der Waals surface area contributed by atoms with Crippen molar-refractivity contribution in [3.63, 3.8) is 0 Å². The summed E-state index contributed by atoms with van der Waals surface area (Å²) in [5.41, 5.74) is 0. The Bertz CT molecular complexity index is 1220. The van der Waals surface area contributed by atoms with Gasteiger partial charge in [-0.2, -0.15) is 0 Å². The number of carbonyl (C=O) groups is 3. The highest BCUT2D eigenvalue weighted by molar-refractivity contribution is 5.71. The summed E-state index contributed by atoms with van der Waals surface area (Å²) in [5.74, 6) is -0.877. The van der Waals surface area contributed by atoms with E-state index < -0.39 is 6.10 Å². The number of unbranched alkanes of at least 4 members (excludes halogenated alkanes) is 37. The minimum atomic E-state index is -0.779. The van der Waals surface area contributed by atoms with Gasteiger partial charge >= 0.3 is 17.9 Å². The summed E-state index contributed by atoms with van der Waals surface area (Å²) in [4.78, 5) is 38.2. The van der Waals surface area contributed by atoms with Crippen molar-refractivity contribution in [2.75, 3.05) is 13.2 Å². The molecular formula is C64H116O6. The van der Waals surface area contributed by atoms with Gasteiger partial charge in [0.25, 0.3) is 0 Å². The van der Waals surface area contributed by atoms with Gasteiger partial charge in [-0.1, -0.05) is 275 Å². The summed E-state index contributed by atoms with van der Waals surface area (Å²) in [7, 11) is 0. The number of allylic oxidation sites excluding steroid dienone is 8. The van der Waals surface area contributed by atoms with Crippen molar-refractivity contribution in [3.05, 3.63) is 48.6 Å². The van der Waals surface area contributed by atoms with Gasteiger partial charge in [0.2, 0.25) is 0 Å². The molecule has 0 amide bonds. The van der Waals surface area contributed by atoms with Gasteiger partial charge in [0.15, 0.2) is 6.10 Å². The van der Waals surface area contributed by atoms with Crippen molar-refractivity contribution in [2.24, 2.45) is 0 Å². The van der Waals surface area contributed by atoms with Gasteiger partial charge in [0.1, 0.15) is 13.2 Å². The van der Waals surface area contributed by atoms with E-state index in [0.717, 1.165) is 96.3 Å². The molecule has 0 heterocycles. The van der Waals surface area contributed by atoms with Gasteiger partial charge in [-0.3, -0.25) is 14.4 Å². The van der Waals surface area contributed by atoms with Crippen LogP contribution in [0.1, 0.15) is 323 Å². The highest BCUT2D eigenvalue weighted by Gasteiger charge is 2.19. The molecule has 6 heteroatoms. The molecule has 1 unspecified atom stereocenters. The van der Waals surface area contributed by atoms with E-state index in [-0.39, 0.29) is 31.1 Å². The molecule has 0 aromatic rings. The Balaban J connectivity index is 4.35. The van der Waals surface area contributed by atoms with Crippen molar-refractivity contribution in [2.45, 2.75) is 329 Å². The molecule has 0 saturated heterocycles. The minimum absolute atomic E-state index is 0.0765. The number of ether oxygens (including phenoxy) is 3. The molecule has 70 heavy (non-hydrogen) atoms. The fourth-order valence-electron chi connectivity index (χ4n) is 8.98. The van der Waals surface area contributed by atoms with Crippen molar-refractivity contribution in [1.29, 1.82) is 0 Å². The summed E-state index contributed by atoms with van der Waals surface area (Å²) in [6.45, 7) is 6.56. The molecule has 1 atom stereocenters. The smallest absolute Gasteiger partial charge is 0.306 e. The molecule has 0 bridgehead atoms. The summed E-state index contributed by atoms with van der Waals surface area (Å²) in [6.07, 6.45) is 72.5. The summed E-state index contributed by atoms with van der Waals surface area (Å²) >= 11 is 0. The van der Waals surface area contributed by atoms with E-state index in [9.17, 15) is 14.4 Å². The van der Waals surface area contributed by atoms with E-state index in [1.165, 1.54) is 186 Å². The molecule has 0 N–H and O–H groups in total. The third-order valence-electron chi connectivity index (χ3n) is 13.6. The molecule has 0 aromatic heterocycles. The first-order valence-corrected chi connectivity index (χ1v) is 30.6. The maximum Gasteiger partial charge on any atom is 0.306 e. The zero-order chi connectivity index (χ0) is 50.7. The first-order chi connectivity index (χ1) is 34.5. The predicted octanol–water partition coefficient (Wildman–Crippen LogP) is 20.6. The molecule has 0 saturated carbocycles. The van der Waals surface area contributed by atoms with E-state index in [1.807, 2.05) is 0 Å². The van der Waals surface area contributed by atoms with Crippen LogP contribution in [0.25, 0.3) is 0 Å². The lowest BCUT2D eigenvalue weighted by Crippen LogP contribution is -2.30. The molecule has 6 nitrogen and oxygen atoms in total. The van der Waals surface area contributed by atoms with Gasteiger partial charge < -0.3 is 14.2 Å². The van der Waals surface area contributed by atoms with E-state index in [1.54, 1.807) is 0 Å². The largest absolute Gasteiger partial charge is 0.462 e. The topological polar surface area (TPSA) is 78.9 Å². The average Bonchev–Trinajstić information content (AvgIpc) is 3.36. The summed E-state index contributed by atoms with van der Waals surface area (Å²) in [5, 5.41) is 0. The quantitative estimate of drug-likeness (QED) is 0.0261. The normalized spacial score (nSPS) is 12.3. The van der Waals surface area contributed by atoms with Crippen LogP contribution in [0.2, 0.25) is 0 Å². The third-order valence-corrected chi connectivity index (χ3v) is 13.6. The van der Waals surface area contributed by atoms with E-state index in [0.29, 0.717) is 19.3 Å². The lowest BCUT2D eigenvalue weighted by atomic mass is 10.0. The first-order valence-electron chi connectivity index (χ1n) is 30.6. The maximum absolute atomic E-state index is 12.9. The molecule has 0 rings (SSSR count). The molecule has 0 aliphatic heterocycles. The number of hydrogen-bond donors (Lipinski definition) is 0. The minimum Gasteiger partial charge on any atom is -0.462 e. The van der Waals surface area contributed by atoms with Crippen LogP contribution in [0.4, 0.5) is 0 Å². The number of rotatable bonds is 56. The molecule has 0 fully saturated rings. The molecule has 0 aliphatic rings. The highest BCUT2D eigenvalue weighted by atomic mass is 16.6. The molecule has 0 radical (unpaired) electrons. The monoisotopic (exact) mass is 981 g/mol. The van der Waals surface area contributed by atoms with E-state index in [2.05, 4.69) is 69.4 Å². The molecule has 0 aromatic carbocycles. The molecule has 408 valence electrons. The average molecular weight is 982 g/mol. The fraction of sp³-hybridized carbons (Fsp3) is 0.828. The third kappa shape index (κ3) is 56.3. The lowest BCUT2D eigenvalue weighted by Gasteiger charge is -2.18. The van der Waals surface area contributed by atoms with Gasteiger partial charge in [-0.25, -0.2) is 0 Å². The summed E-state index contributed by atoms with van der Waals surface area (Å²) < 4.78 is 16.9. The number of carbonyl (C=O) groups excluding carboxylic acids is 3. The Morgan fingerprint density at radius 2 is 0.557 bits per heavy atom. The summed E-state index contributed by atoms with van der Waals surface area (Å²) in [6, 6.07) is 0. The van der Waals surface area contributed by atoms with Crippen LogP contribution in [0.3, 0.4) is 0 Å². The Hall–Kier alpha value is -2.63. The van der Waals surface area contributed by atoms with Crippen LogP contribution >= 0.6 is 0 Å². The van der Waals surface area contributed by atoms with Gasteiger partial charge in [-0.15, -0.1) is 0 Å². The maximum atomic E-state index is 12.9. The highest BCUT2D eigenvalue weighted by Crippen LogP contribution is 2.17. The van der Waals surface area contributed by atoms with Gasteiger partial charge in [-0.05, 0) is 77.0 Å². The zero-order valence-electron chi connectivity index (χ0n) is 46.8. The van der Waals surface area contributed by atoms with Crippen LogP contribution in [-0.4, -0.2) is 37.2 Å². The molecular weight excluding hydrogens is 865 g/mol. The van der Waals surface area contributed by atoms with Crippen molar-refractivity contribution in [3.8, 4) is 0 Å². The van der Waals surface area contributed by atoms with Crippen molar-refractivity contribution < 1.29 is 28.6 Å². The first kappa shape index (κ1) is 67.4. The van der Waals surface area contributed by atoms with Gasteiger partial charge in [0.05, 0.1) is 0 Å². The van der Waals surface area contributed by atoms with Crippen molar-refractivity contribution in [1.82, 2.24) is 0 Å². The fourth-order valence-corrected chi connectivity index (χ4v) is 8.98. The predicted molar refractivity (Wildman–Crippen MR) is 302 cm³/mol. The van der Waals surface area contributed by atoms with E-state index in [4.69, 9.17) is 14.2 Å². The second kappa shape index (κ2) is 58.9. The van der Waals surface area contributed by atoms with Crippen LogP contribution in [0.5, 0.6) is 0 Å². The SMILES string of the molecule is CC/C=C\C/C=C\C/C=C\CCCCCCCC(=O)OCC(COC(=O)CCCCCCCCCCC/C=C\CCCCCCCC)OC(=O)CCCCCCCCCCCCCCCCCCCC. The second-order valence-electron chi connectivity index (χ2n) is 20.6. The number of esters is 3. The van der Waals surface area contributed by atoms with Crippen LogP contribution in [0.15, 0.2) is 48.6 Å². The number of hydrogen-bond acceptors (Lipinski definition) is 6. The van der Waals surface area contributed by atoms with Gasteiger partial charge in [0, 0.05) is 19.3 Å². The van der Waals surface area contributed by atoms with Crippen LogP contribution in [0, 0.1) is 0 Å². The Kier molecular flexibility index (Phi) is 56.7. The van der Waals surface area contributed by atoms with E-state index >= 15 is 0 Å².